The third-order valence-corrected chi connectivity index (χ3v) is 3.23. The maximum Gasteiger partial charge on any atom is 0.328 e. The molecule has 0 aromatic heterocycles. The van der Waals surface area contributed by atoms with E-state index in [2.05, 4.69) is 0 Å². The highest BCUT2D eigenvalue weighted by Gasteiger charge is 2.27. The van der Waals surface area contributed by atoms with Gasteiger partial charge in [0, 0.05) is 13.7 Å². The molecule has 0 heterocycles. The third kappa shape index (κ3) is 4.54. The molecule has 0 spiro atoms. The molecule has 1 aromatic rings. The lowest BCUT2D eigenvalue weighted by Crippen LogP contribution is -2.45. The quantitative estimate of drug-likeness (QED) is 0.750. The molecular formula is C15H21NO5. The SMILES string of the molecule is COCC(=O)N(Cc1ccccc1CO)C(C)C(=O)OC. The molecule has 0 saturated heterocycles. The second kappa shape index (κ2) is 8.39. The summed E-state index contributed by atoms with van der Waals surface area (Å²) in [5, 5.41) is 9.35. The van der Waals surface area contributed by atoms with Crippen LogP contribution in [-0.2, 0) is 32.2 Å². The smallest absolute Gasteiger partial charge is 0.328 e. The summed E-state index contributed by atoms with van der Waals surface area (Å²) in [4.78, 5) is 25.2. The predicted octanol–water partition coefficient (Wildman–Crippen LogP) is 0.715. The number of aliphatic hydroxyl groups is 1. The van der Waals surface area contributed by atoms with Crippen LogP contribution in [0.4, 0.5) is 0 Å². The monoisotopic (exact) mass is 295 g/mol. The van der Waals surface area contributed by atoms with E-state index in [4.69, 9.17) is 9.47 Å². The Morgan fingerprint density at radius 1 is 1.24 bits per heavy atom. The van der Waals surface area contributed by atoms with Crippen molar-refractivity contribution in [3.8, 4) is 0 Å². The van der Waals surface area contributed by atoms with E-state index in [1.807, 2.05) is 12.1 Å². The Morgan fingerprint density at radius 2 is 1.86 bits per heavy atom. The van der Waals surface area contributed by atoms with E-state index in [1.54, 1.807) is 19.1 Å². The first kappa shape index (κ1) is 17.1. The number of nitrogens with zero attached hydrogens (tertiary/aromatic N) is 1. The van der Waals surface area contributed by atoms with Gasteiger partial charge in [0.25, 0.3) is 0 Å². The molecule has 0 bridgehead atoms. The highest BCUT2D eigenvalue weighted by Crippen LogP contribution is 2.15. The van der Waals surface area contributed by atoms with Crippen molar-refractivity contribution < 1.29 is 24.2 Å². The summed E-state index contributed by atoms with van der Waals surface area (Å²) in [6.45, 7) is 1.55. The number of amides is 1. The average Bonchev–Trinajstić information content (AvgIpc) is 2.51. The molecule has 21 heavy (non-hydrogen) atoms. The van der Waals surface area contributed by atoms with Gasteiger partial charge in [-0.25, -0.2) is 4.79 Å². The number of esters is 1. The minimum Gasteiger partial charge on any atom is -0.467 e. The number of benzene rings is 1. The van der Waals surface area contributed by atoms with Gasteiger partial charge < -0.3 is 19.5 Å². The second-order valence-corrected chi connectivity index (χ2v) is 4.58. The molecule has 0 radical (unpaired) electrons. The predicted molar refractivity (Wildman–Crippen MR) is 76.3 cm³/mol. The highest BCUT2D eigenvalue weighted by molar-refractivity contribution is 5.84. The van der Waals surface area contributed by atoms with Crippen molar-refractivity contribution in [2.75, 3.05) is 20.8 Å². The summed E-state index contributed by atoms with van der Waals surface area (Å²) in [7, 11) is 2.69. The lowest BCUT2D eigenvalue weighted by molar-refractivity contribution is -0.154. The van der Waals surface area contributed by atoms with Crippen LogP contribution in [0.15, 0.2) is 24.3 Å². The fourth-order valence-corrected chi connectivity index (χ4v) is 1.99. The van der Waals surface area contributed by atoms with E-state index in [1.165, 1.54) is 19.1 Å². The summed E-state index contributed by atoms with van der Waals surface area (Å²) in [6, 6.07) is 6.47. The number of methoxy groups -OCH3 is 2. The molecule has 0 aliphatic rings. The summed E-state index contributed by atoms with van der Waals surface area (Å²) < 4.78 is 9.54. The highest BCUT2D eigenvalue weighted by atomic mass is 16.5. The Kier molecular flexibility index (Phi) is 6.84. The van der Waals surface area contributed by atoms with Crippen LogP contribution in [0.2, 0.25) is 0 Å². The minimum absolute atomic E-state index is 0.122. The van der Waals surface area contributed by atoms with Crippen molar-refractivity contribution in [2.45, 2.75) is 26.1 Å². The topological polar surface area (TPSA) is 76.1 Å². The molecule has 1 aromatic carbocycles. The molecule has 1 rings (SSSR count). The summed E-state index contributed by atoms with van der Waals surface area (Å²) >= 11 is 0. The molecule has 0 saturated carbocycles. The summed E-state index contributed by atoms with van der Waals surface area (Å²) in [6.07, 6.45) is 0. The van der Waals surface area contributed by atoms with Gasteiger partial charge in [0.05, 0.1) is 13.7 Å². The summed E-state index contributed by atoms with van der Waals surface area (Å²) in [5.74, 6) is -0.816. The van der Waals surface area contributed by atoms with E-state index in [0.29, 0.717) is 5.56 Å². The van der Waals surface area contributed by atoms with Gasteiger partial charge in [-0.2, -0.15) is 0 Å². The fraction of sp³-hybridized carbons (Fsp3) is 0.467. The largest absolute Gasteiger partial charge is 0.467 e. The zero-order valence-corrected chi connectivity index (χ0v) is 12.5. The normalized spacial score (nSPS) is 11.8. The average molecular weight is 295 g/mol. The van der Waals surface area contributed by atoms with Crippen molar-refractivity contribution in [3.05, 3.63) is 35.4 Å². The van der Waals surface area contributed by atoms with Crippen molar-refractivity contribution >= 4 is 11.9 Å². The van der Waals surface area contributed by atoms with Gasteiger partial charge in [-0.1, -0.05) is 24.3 Å². The zero-order chi connectivity index (χ0) is 15.8. The van der Waals surface area contributed by atoms with Gasteiger partial charge in [-0.15, -0.1) is 0 Å². The lowest BCUT2D eigenvalue weighted by Gasteiger charge is -2.28. The Hall–Kier alpha value is -1.92. The number of ether oxygens (including phenoxy) is 2. The van der Waals surface area contributed by atoms with E-state index >= 15 is 0 Å². The number of carbonyl (C=O) groups is 2. The molecule has 6 heteroatoms. The first-order chi connectivity index (χ1) is 10.0. The van der Waals surface area contributed by atoms with E-state index in [-0.39, 0.29) is 25.7 Å². The summed E-state index contributed by atoms with van der Waals surface area (Å²) in [5.41, 5.74) is 1.49. The van der Waals surface area contributed by atoms with Gasteiger partial charge in [-0.05, 0) is 18.1 Å². The van der Waals surface area contributed by atoms with E-state index < -0.39 is 12.0 Å². The van der Waals surface area contributed by atoms with Crippen LogP contribution in [0.25, 0.3) is 0 Å². The Labute approximate surface area is 124 Å². The number of aliphatic hydroxyl groups excluding tert-OH is 1. The molecule has 0 aliphatic heterocycles. The van der Waals surface area contributed by atoms with Crippen LogP contribution in [0, 0.1) is 0 Å². The van der Waals surface area contributed by atoms with Crippen LogP contribution in [0.3, 0.4) is 0 Å². The second-order valence-electron chi connectivity index (χ2n) is 4.58. The number of hydrogen-bond acceptors (Lipinski definition) is 5. The van der Waals surface area contributed by atoms with Crippen LogP contribution >= 0.6 is 0 Å². The van der Waals surface area contributed by atoms with Crippen molar-refractivity contribution in [1.29, 1.82) is 0 Å². The van der Waals surface area contributed by atoms with Gasteiger partial charge in [-0.3, -0.25) is 4.79 Å². The Morgan fingerprint density at radius 3 is 2.38 bits per heavy atom. The molecule has 6 nitrogen and oxygen atoms in total. The molecule has 116 valence electrons. The molecule has 1 N–H and O–H groups in total. The molecule has 1 atom stereocenters. The fourth-order valence-electron chi connectivity index (χ4n) is 1.99. The third-order valence-electron chi connectivity index (χ3n) is 3.23. The van der Waals surface area contributed by atoms with Crippen molar-refractivity contribution in [3.63, 3.8) is 0 Å². The molecular weight excluding hydrogens is 274 g/mol. The van der Waals surface area contributed by atoms with Gasteiger partial charge >= 0.3 is 5.97 Å². The molecule has 0 fully saturated rings. The van der Waals surface area contributed by atoms with E-state index in [0.717, 1.165) is 5.56 Å². The minimum atomic E-state index is -0.732. The van der Waals surface area contributed by atoms with Crippen molar-refractivity contribution in [1.82, 2.24) is 4.90 Å². The maximum atomic E-state index is 12.1. The van der Waals surface area contributed by atoms with Crippen molar-refractivity contribution in [2.24, 2.45) is 0 Å². The molecule has 1 amide bonds. The van der Waals surface area contributed by atoms with Crippen LogP contribution in [0.1, 0.15) is 18.1 Å². The van der Waals surface area contributed by atoms with Gasteiger partial charge in [0.15, 0.2) is 0 Å². The lowest BCUT2D eigenvalue weighted by atomic mass is 10.1. The van der Waals surface area contributed by atoms with Crippen LogP contribution in [-0.4, -0.2) is 48.8 Å². The number of rotatable bonds is 7. The Balaban J connectivity index is 3.01. The number of carbonyl (C=O) groups excluding carboxylic acids is 2. The van der Waals surface area contributed by atoms with Gasteiger partial charge in [0.1, 0.15) is 12.6 Å². The first-order valence-corrected chi connectivity index (χ1v) is 6.59. The van der Waals surface area contributed by atoms with Gasteiger partial charge in [0.2, 0.25) is 5.91 Å². The Bertz CT molecular complexity index is 489. The number of hydrogen-bond donors (Lipinski definition) is 1. The van der Waals surface area contributed by atoms with E-state index in [9.17, 15) is 14.7 Å². The zero-order valence-electron chi connectivity index (χ0n) is 12.5. The molecule has 1 unspecified atom stereocenters. The molecule has 0 aliphatic carbocycles. The van der Waals surface area contributed by atoms with Crippen LogP contribution < -0.4 is 0 Å². The standard InChI is InChI=1S/C15H21NO5/c1-11(15(19)21-3)16(14(18)10-20-2)8-12-6-4-5-7-13(12)9-17/h4-7,11,17H,8-10H2,1-3H3. The first-order valence-electron chi connectivity index (χ1n) is 6.59. The van der Waals surface area contributed by atoms with Crippen LogP contribution in [0.5, 0.6) is 0 Å². The maximum absolute atomic E-state index is 12.1.